The summed E-state index contributed by atoms with van der Waals surface area (Å²) < 4.78 is 42.2. The Morgan fingerprint density at radius 3 is 2.57 bits per heavy atom. The van der Waals surface area contributed by atoms with Crippen LogP contribution in [0, 0.1) is 33.3 Å². The summed E-state index contributed by atoms with van der Waals surface area (Å²) in [6, 6.07) is 24.7. The van der Waals surface area contributed by atoms with E-state index >= 15 is 0 Å². The number of nitrogens with zero attached hydrogens (tertiary/aromatic N) is 6. The zero-order valence-corrected chi connectivity index (χ0v) is 50.6. The first-order chi connectivity index (χ1) is 42.3. The maximum absolute atomic E-state index is 14.2. The maximum atomic E-state index is 14.2. The topological polar surface area (TPSA) is 259 Å². The Balaban J connectivity index is 0.681. The van der Waals surface area contributed by atoms with Crippen LogP contribution >= 0.6 is 11.6 Å². The average molecular weight is 1230 g/mol. The molecule has 23 heteroatoms. The van der Waals surface area contributed by atoms with Crippen LogP contribution in [0.25, 0.3) is 16.6 Å². The van der Waals surface area contributed by atoms with Crippen LogP contribution in [0.15, 0.2) is 114 Å². The third-order valence-corrected chi connectivity index (χ3v) is 18.7. The predicted molar refractivity (Wildman–Crippen MR) is 332 cm³/mol. The molecule has 3 saturated heterocycles. The van der Waals surface area contributed by atoms with Crippen molar-refractivity contribution in [1.29, 1.82) is 0 Å². The molecule has 11 rings (SSSR count). The van der Waals surface area contributed by atoms with Gasteiger partial charge < -0.3 is 34.5 Å². The van der Waals surface area contributed by atoms with Gasteiger partial charge in [0.1, 0.15) is 35.5 Å². The van der Waals surface area contributed by atoms with E-state index in [2.05, 4.69) is 72.9 Å². The number of allylic oxidation sites excluding steroid dienone is 1. The second kappa shape index (κ2) is 26.4. The molecule has 6 aromatic rings. The first-order valence-electron chi connectivity index (χ1n) is 29.7. The molecule has 0 radical (unpaired) electrons. The van der Waals surface area contributed by atoms with Crippen LogP contribution in [0.1, 0.15) is 109 Å². The van der Waals surface area contributed by atoms with E-state index in [1.54, 1.807) is 41.4 Å². The van der Waals surface area contributed by atoms with E-state index in [0.717, 1.165) is 68.0 Å². The van der Waals surface area contributed by atoms with Gasteiger partial charge in [-0.1, -0.05) is 61.1 Å². The van der Waals surface area contributed by atoms with E-state index in [1.165, 1.54) is 46.0 Å². The molecular formula is C65H69ClN10O11S. The van der Waals surface area contributed by atoms with Gasteiger partial charge in [-0.3, -0.25) is 44.3 Å². The van der Waals surface area contributed by atoms with Gasteiger partial charge in [0, 0.05) is 124 Å². The molecule has 0 saturated carbocycles. The number of likely N-dealkylation sites (tertiary alicyclic amines) is 1. The van der Waals surface area contributed by atoms with E-state index in [0.29, 0.717) is 73.0 Å². The number of benzene rings is 4. The normalized spacial score (nSPS) is 18.8. The highest BCUT2D eigenvalue weighted by molar-refractivity contribution is 7.90. The van der Waals surface area contributed by atoms with Gasteiger partial charge in [-0.15, -0.1) is 0 Å². The lowest BCUT2D eigenvalue weighted by Gasteiger charge is -2.39. The molecule has 2 aromatic heterocycles. The van der Waals surface area contributed by atoms with E-state index in [-0.39, 0.29) is 85.2 Å². The number of rotatable bonds is 19. The molecule has 0 bridgehead atoms. The summed E-state index contributed by atoms with van der Waals surface area (Å²) in [7, 11) is -4.68. The minimum absolute atomic E-state index is 0.0717. The van der Waals surface area contributed by atoms with Crippen LogP contribution in [-0.4, -0.2) is 139 Å². The Labute approximate surface area is 515 Å². The van der Waals surface area contributed by atoms with Crippen LogP contribution in [-0.2, 0) is 35.7 Å². The van der Waals surface area contributed by atoms with Crippen LogP contribution in [0.2, 0.25) is 5.02 Å². The zero-order valence-electron chi connectivity index (χ0n) is 49.1. The number of pyridine rings is 1. The van der Waals surface area contributed by atoms with Crippen LogP contribution in [0.5, 0.6) is 11.5 Å². The highest BCUT2D eigenvalue weighted by Crippen LogP contribution is 2.44. The molecule has 88 heavy (non-hydrogen) atoms. The molecule has 4 aromatic carbocycles. The fourth-order valence-electron chi connectivity index (χ4n) is 12.3. The van der Waals surface area contributed by atoms with E-state index in [1.807, 2.05) is 24.3 Å². The second-order valence-electron chi connectivity index (χ2n) is 23.9. The molecule has 1 aliphatic carbocycles. The lowest BCUT2D eigenvalue weighted by molar-refractivity contribution is -0.384. The molecule has 0 spiro atoms. The lowest BCUT2D eigenvalue weighted by Crippen LogP contribution is -2.52. The van der Waals surface area contributed by atoms with Gasteiger partial charge in [0.05, 0.1) is 21.6 Å². The summed E-state index contributed by atoms with van der Waals surface area (Å²) in [5.74, 6) is 4.30. The van der Waals surface area contributed by atoms with Crippen molar-refractivity contribution in [3.05, 3.63) is 152 Å². The standard InChI is InChI=1S/C65H69ClN10O11S/c1-65(2)24-22-46(53(35-65)44-12-14-47(66)15-13-44)39-72-27-29-73(30-28-72)48-16-18-52(58(33-48)87-49-32-45-23-25-67-61(45)69-37-49)62(79)71-88(84,85)50-17-19-55(57(34-50)76(82)83)68-36-42-8-7-26-74(38-42)60(78)41-86-31-5-3-4-9-43-10-6-11-51-54(43)40-75(64(51)81)56-20-21-59(77)70-63(56)80/h6,10-19,23,25,32-34,37,42,56,68H,3,5,7-8,20-22,24,26-31,35-36,38-41H2,1-2H3,(H,67,69)(H,71,79)(H,70,77,80). The number of imide groups is 1. The van der Waals surface area contributed by atoms with E-state index in [9.17, 15) is 42.5 Å². The summed E-state index contributed by atoms with van der Waals surface area (Å²) >= 11 is 6.27. The van der Waals surface area contributed by atoms with Gasteiger partial charge in [0.15, 0.2) is 0 Å². The van der Waals surface area contributed by atoms with Crippen LogP contribution < -0.4 is 25.0 Å². The number of fused-ring (bicyclic) bond motifs is 2. The fraction of sp³-hybridized carbons (Fsp3) is 0.385. The number of halogens is 1. The first-order valence-corrected chi connectivity index (χ1v) is 31.6. The molecule has 3 fully saturated rings. The number of amides is 5. The predicted octanol–water partition coefficient (Wildman–Crippen LogP) is 9.08. The number of H-pyrrole nitrogens is 1. The van der Waals surface area contributed by atoms with E-state index < -0.39 is 43.4 Å². The zero-order chi connectivity index (χ0) is 61.7. The number of piperidine rings is 2. The summed E-state index contributed by atoms with van der Waals surface area (Å²) in [6.45, 7) is 9.98. The van der Waals surface area contributed by atoms with Crippen molar-refractivity contribution in [2.45, 2.75) is 89.1 Å². The third kappa shape index (κ3) is 14.2. The van der Waals surface area contributed by atoms with Gasteiger partial charge in [-0.25, -0.2) is 18.1 Å². The number of piperazine rings is 1. The van der Waals surface area contributed by atoms with Crippen molar-refractivity contribution in [2.75, 3.05) is 75.8 Å². The Kier molecular flexibility index (Phi) is 18.3. The van der Waals surface area contributed by atoms with Crippen molar-refractivity contribution >= 4 is 84.8 Å². The maximum Gasteiger partial charge on any atom is 0.293 e. The highest BCUT2D eigenvalue weighted by Gasteiger charge is 2.40. The summed E-state index contributed by atoms with van der Waals surface area (Å²) in [4.78, 5) is 91.5. The average Bonchev–Trinajstić information content (AvgIpc) is 3.11. The second-order valence-corrected chi connectivity index (χ2v) is 26.0. The number of hydrogen-bond acceptors (Lipinski definition) is 15. The quantitative estimate of drug-likeness (QED) is 0.0194. The first kappa shape index (κ1) is 61.0. The minimum atomic E-state index is -4.68. The molecule has 6 heterocycles. The Morgan fingerprint density at radius 2 is 1.77 bits per heavy atom. The molecule has 21 nitrogen and oxygen atoms in total. The number of anilines is 2. The summed E-state index contributed by atoms with van der Waals surface area (Å²) in [5, 5.41) is 19.4. The molecule has 5 amide bonds. The van der Waals surface area contributed by atoms with Gasteiger partial charge in [0.25, 0.3) is 27.5 Å². The lowest BCUT2D eigenvalue weighted by atomic mass is 9.72. The number of unbranched alkanes of at least 4 members (excludes halogenated alkanes) is 1. The van der Waals surface area contributed by atoms with Crippen molar-refractivity contribution in [2.24, 2.45) is 11.3 Å². The number of carbonyl (C=O) groups is 5. The number of ether oxygens (including phenoxy) is 2. The number of nitro benzene ring substituents is 1. The van der Waals surface area contributed by atoms with Gasteiger partial charge in [0.2, 0.25) is 17.7 Å². The van der Waals surface area contributed by atoms with Crippen molar-refractivity contribution in [3.63, 3.8) is 0 Å². The minimum Gasteiger partial charge on any atom is -0.455 e. The molecule has 458 valence electrons. The number of aromatic nitrogens is 2. The molecule has 2 unspecified atom stereocenters. The van der Waals surface area contributed by atoms with E-state index in [4.69, 9.17) is 21.1 Å². The largest absolute Gasteiger partial charge is 0.455 e. The van der Waals surface area contributed by atoms with Gasteiger partial charge in [-0.2, -0.15) is 0 Å². The van der Waals surface area contributed by atoms with Crippen LogP contribution in [0.3, 0.4) is 0 Å². The summed E-state index contributed by atoms with van der Waals surface area (Å²) in [6.07, 6.45) is 9.26. The number of carbonyl (C=O) groups excluding carboxylic acids is 5. The molecular weight excluding hydrogens is 1160 g/mol. The number of sulfonamides is 1. The van der Waals surface area contributed by atoms with Crippen molar-refractivity contribution in [3.8, 4) is 23.3 Å². The number of nitro groups is 1. The monoisotopic (exact) mass is 1230 g/mol. The third-order valence-electron chi connectivity index (χ3n) is 17.1. The molecule has 4 aliphatic heterocycles. The van der Waals surface area contributed by atoms with Crippen molar-refractivity contribution in [1.82, 2.24) is 34.7 Å². The van der Waals surface area contributed by atoms with Gasteiger partial charge in [-0.05, 0) is 134 Å². The van der Waals surface area contributed by atoms with Crippen molar-refractivity contribution < 1.29 is 46.8 Å². The summed E-state index contributed by atoms with van der Waals surface area (Å²) in [5.41, 5.74) is 7.03. The Bertz CT molecular complexity index is 3920. The number of nitrogens with one attached hydrogen (secondary N) is 4. The number of aromatic amines is 1. The molecule has 2 atom stereocenters. The molecule has 5 aliphatic rings. The van der Waals surface area contributed by atoms with Crippen LogP contribution in [0.4, 0.5) is 17.1 Å². The Hall–Kier alpha value is -8.62. The van der Waals surface area contributed by atoms with Gasteiger partial charge >= 0.3 is 0 Å². The fourth-order valence-corrected chi connectivity index (χ4v) is 13.4. The smallest absolute Gasteiger partial charge is 0.293 e. The highest BCUT2D eigenvalue weighted by atomic mass is 35.5. The number of hydrogen-bond donors (Lipinski definition) is 4. The SMILES string of the molecule is CC1(C)CCC(CN2CCN(c3ccc(C(=O)NS(=O)(=O)c4ccc(NCC5CCCN(C(=O)COCCCC#Cc6cccc7c6CN(C6CCC(=O)NC6=O)C7=O)C5)c([N+](=O)[O-])c4)c(Oc4cnc5[nH]ccc5c4)c3)CC2)=C(c2ccc(Cl)cc2)C1. The molecule has 4 N–H and O–H groups in total. The Morgan fingerprint density at radius 1 is 0.955 bits per heavy atom.